The van der Waals surface area contributed by atoms with Gasteiger partial charge in [0.05, 0.1) is 10.8 Å². The molecule has 0 saturated heterocycles. The Morgan fingerprint density at radius 1 is 1.22 bits per heavy atom. The van der Waals surface area contributed by atoms with Crippen molar-refractivity contribution < 1.29 is 19.1 Å². The van der Waals surface area contributed by atoms with Gasteiger partial charge in [-0.3, -0.25) is 4.79 Å². The molecule has 0 N–H and O–H groups in total. The minimum atomic E-state index is -0.495. The van der Waals surface area contributed by atoms with Gasteiger partial charge in [-0.15, -0.1) is 11.8 Å². The van der Waals surface area contributed by atoms with E-state index in [0.717, 1.165) is 19.3 Å². The third-order valence-corrected chi connectivity index (χ3v) is 6.54. The Bertz CT molecular complexity index is 665. The van der Waals surface area contributed by atoms with Gasteiger partial charge in [-0.2, -0.15) is 0 Å². The van der Waals surface area contributed by atoms with E-state index in [2.05, 4.69) is 20.8 Å². The first kappa shape index (κ1) is 22.4. The first-order valence-electron chi connectivity index (χ1n) is 9.19. The van der Waals surface area contributed by atoms with Crippen molar-refractivity contribution in [2.45, 2.75) is 51.0 Å². The molecule has 0 heterocycles. The zero-order valence-electron chi connectivity index (χ0n) is 15.9. The Labute approximate surface area is 175 Å². The zero-order chi connectivity index (χ0) is 20.0. The maximum Gasteiger partial charge on any atom is 0.344 e. The van der Waals surface area contributed by atoms with Crippen molar-refractivity contribution in [3.8, 4) is 0 Å². The lowest BCUT2D eigenvalue weighted by atomic mass is 9.75. The maximum absolute atomic E-state index is 12.1. The van der Waals surface area contributed by atoms with E-state index in [1.807, 2.05) is 0 Å². The summed E-state index contributed by atoms with van der Waals surface area (Å²) >= 11 is 13.2. The molecule has 0 aliphatic heterocycles. The van der Waals surface area contributed by atoms with Gasteiger partial charge in [0, 0.05) is 9.92 Å². The second-order valence-corrected chi connectivity index (χ2v) is 9.24. The van der Waals surface area contributed by atoms with Crippen LogP contribution in [0.25, 0.3) is 0 Å². The van der Waals surface area contributed by atoms with Crippen LogP contribution in [-0.4, -0.2) is 30.4 Å². The molecule has 0 amide bonds. The number of carbonyl (C=O) groups excluding carboxylic acids is 2. The molecule has 0 bridgehead atoms. The highest BCUT2D eigenvalue weighted by Crippen LogP contribution is 2.35. The van der Waals surface area contributed by atoms with Crippen molar-refractivity contribution in [2.24, 2.45) is 17.8 Å². The molecule has 0 unspecified atom stereocenters. The molecule has 150 valence electrons. The molecule has 3 atom stereocenters. The standard InChI is InChI=1S/C20H26Cl2O4S/c1-12(2)15-6-4-13(3)8-17(15)26-19(23)10-25-20(24)11-27-18-9-14(21)5-7-16(18)22/h5,7,9,12-13,15,17H,4,6,8,10-11H2,1-3H3/t13-,15+,17+/m1/s1. The largest absolute Gasteiger partial charge is 0.460 e. The number of carbonyl (C=O) groups is 2. The number of halogens is 2. The molecule has 2 rings (SSSR count). The first-order valence-corrected chi connectivity index (χ1v) is 10.9. The molecule has 0 radical (unpaired) electrons. The van der Waals surface area contributed by atoms with Crippen LogP contribution < -0.4 is 0 Å². The van der Waals surface area contributed by atoms with E-state index < -0.39 is 11.9 Å². The lowest BCUT2D eigenvalue weighted by Crippen LogP contribution is -2.36. The highest BCUT2D eigenvalue weighted by molar-refractivity contribution is 8.00. The van der Waals surface area contributed by atoms with Gasteiger partial charge in [0.1, 0.15) is 6.10 Å². The molecule has 4 nitrogen and oxygen atoms in total. The third-order valence-electron chi connectivity index (χ3n) is 4.83. The number of esters is 2. The number of thioether (sulfide) groups is 1. The molecule has 1 aromatic carbocycles. The molecule has 1 aliphatic carbocycles. The first-order chi connectivity index (χ1) is 12.8. The fraction of sp³-hybridized carbons (Fsp3) is 0.600. The Hall–Kier alpha value is -0.910. The summed E-state index contributed by atoms with van der Waals surface area (Å²) < 4.78 is 10.7. The van der Waals surface area contributed by atoms with E-state index >= 15 is 0 Å². The molecule has 1 saturated carbocycles. The van der Waals surface area contributed by atoms with Crippen molar-refractivity contribution in [1.82, 2.24) is 0 Å². The van der Waals surface area contributed by atoms with E-state index in [0.29, 0.717) is 32.7 Å². The summed E-state index contributed by atoms with van der Waals surface area (Å²) in [6, 6.07) is 5.04. The van der Waals surface area contributed by atoms with Gasteiger partial charge in [0.25, 0.3) is 0 Å². The monoisotopic (exact) mass is 432 g/mol. The summed E-state index contributed by atoms with van der Waals surface area (Å²) in [5.41, 5.74) is 0. The summed E-state index contributed by atoms with van der Waals surface area (Å²) in [6.07, 6.45) is 2.99. The zero-order valence-corrected chi connectivity index (χ0v) is 18.2. The molecule has 1 aliphatic rings. The molecule has 0 aromatic heterocycles. The molecule has 27 heavy (non-hydrogen) atoms. The molecular weight excluding hydrogens is 407 g/mol. The van der Waals surface area contributed by atoms with Gasteiger partial charge < -0.3 is 9.47 Å². The summed E-state index contributed by atoms with van der Waals surface area (Å²) in [6.45, 7) is 6.12. The van der Waals surface area contributed by atoms with Crippen LogP contribution in [-0.2, 0) is 19.1 Å². The molecule has 0 spiro atoms. The van der Waals surface area contributed by atoms with Gasteiger partial charge >= 0.3 is 11.9 Å². The van der Waals surface area contributed by atoms with Crippen molar-refractivity contribution in [3.05, 3.63) is 28.2 Å². The summed E-state index contributed by atoms with van der Waals surface area (Å²) in [5.74, 6) is 0.421. The van der Waals surface area contributed by atoms with E-state index in [9.17, 15) is 9.59 Å². The molecule has 1 fully saturated rings. The van der Waals surface area contributed by atoms with Crippen molar-refractivity contribution in [3.63, 3.8) is 0 Å². The van der Waals surface area contributed by atoms with Gasteiger partial charge in [0.15, 0.2) is 6.61 Å². The van der Waals surface area contributed by atoms with Gasteiger partial charge in [-0.1, -0.05) is 50.4 Å². The molecular formula is C20H26Cl2O4S. The van der Waals surface area contributed by atoms with Crippen LogP contribution >= 0.6 is 35.0 Å². The Balaban J connectivity index is 1.77. The summed E-state index contributed by atoms with van der Waals surface area (Å²) in [5, 5.41) is 1.06. The molecule has 7 heteroatoms. The minimum Gasteiger partial charge on any atom is -0.460 e. The number of ether oxygens (including phenoxy) is 2. The predicted octanol–water partition coefficient (Wildman–Crippen LogP) is 5.63. The average Bonchev–Trinajstić information content (AvgIpc) is 2.60. The van der Waals surface area contributed by atoms with Crippen LogP contribution in [0.4, 0.5) is 0 Å². The van der Waals surface area contributed by atoms with Crippen LogP contribution in [0.2, 0.25) is 10.0 Å². The van der Waals surface area contributed by atoms with E-state index in [-0.39, 0.29) is 18.5 Å². The van der Waals surface area contributed by atoms with E-state index in [1.165, 1.54) is 11.8 Å². The van der Waals surface area contributed by atoms with Crippen molar-refractivity contribution >= 4 is 46.9 Å². The Morgan fingerprint density at radius 2 is 1.96 bits per heavy atom. The van der Waals surface area contributed by atoms with Gasteiger partial charge in [-0.25, -0.2) is 4.79 Å². The normalized spacial score (nSPS) is 22.5. The van der Waals surface area contributed by atoms with E-state index in [1.54, 1.807) is 18.2 Å². The van der Waals surface area contributed by atoms with Crippen LogP contribution in [0.5, 0.6) is 0 Å². The quantitative estimate of drug-likeness (QED) is 0.412. The van der Waals surface area contributed by atoms with Gasteiger partial charge in [-0.05, 0) is 48.8 Å². The third kappa shape index (κ3) is 7.20. The average molecular weight is 433 g/mol. The van der Waals surface area contributed by atoms with Crippen molar-refractivity contribution in [2.75, 3.05) is 12.4 Å². The lowest BCUT2D eigenvalue weighted by molar-refractivity contribution is -0.166. The van der Waals surface area contributed by atoms with Gasteiger partial charge in [0.2, 0.25) is 0 Å². The SMILES string of the molecule is CC(C)[C@@H]1CC[C@@H](C)C[C@@H]1OC(=O)COC(=O)CSc1cc(Cl)ccc1Cl. The smallest absolute Gasteiger partial charge is 0.344 e. The van der Waals surface area contributed by atoms with Crippen LogP contribution in [0.1, 0.15) is 40.0 Å². The second kappa shape index (κ2) is 10.6. The fourth-order valence-corrected chi connectivity index (χ4v) is 4.65. The topological polar surface area (TPSA) is 52.6 Å². The fourth-order valence-electron chi connectivity index (χ4n) is 3.36. The second-order valence-electron chi connectivity index (χ2n) is 7.38. The van der Waals surface area contributed by atoms with Crippen LogP contribution in [0.15, 0.2) is 23.1 Å². The Kier molecular flexibility index (Phi) is 8.77. The van der Waals surface area contributed by atoms with Crippen LogP contribution in [0, 0.1) is 17.8 Å². The van der Waals surface area contributed by atoms with Crippen molar-refractivity contribution in [1.29, 1.82) is 0 Å². The summed E-state index contributed by atoms with van der Waals surface area (Å²) in [7, 11) is 0. The number of hydrogen-bond acceptors (Lipinski definition) is 5. The number of benzene rings is 1. The summed E-state index contributed by atoms with van der Waals surface area (Å²) in [4.78, 5) is 24.7. The number of rotatable bonds is 7. The highest BCUT2D eigenvalue weighted by atomic mass is 35.5. The minimum absolute atomic E-state index is 0.0441. The Morgan fingerprint density at radius 3 is 2.67 bits per heavy atom. The van der Waals surface area contributed by atoms with Crippen LogP contribution in [0.3, 0.4) is 0 Å². The predicted molar refractivity (Wildman–Crippen MR) is 109 cm³/mol. The highest BCUT2D eigenvalue weighted by Gasteiger charge is 2.33. The molecule has 1 aromatic rings. The number of hydrogen-bond donors (Lipinski definition) is 0. The maximum atomic E-state index is 12.1. The van der Waals surface area contributed by atoms with E-state index in [4.69, 9.17) is 32.7 Å². The lowest BCUT2D eigenvalue weighted by Gasteiger charge is -2.36.